The summed E-state index contributed by atoms with van der Waals surface area (Å²) in [5.74, 6) is 0.881. The Kier molecular flexibility index (Phi) is 3.82. The molecule has 1 aromatic carbocycles. The number of carbonyl (C=O) groups is 1. The SMILES string of the molecule is Cn1ccnc1-c1cccc(NC(=O)N2CCc3sccc3C2)c1. The Bertz CT molecular complexity index is 883. The average Bonchev–Trinajstić information content (AvgIpc) is 3.22. The number of hydrogen-bond donors (Lipinski definition) is 1. The van der Waals surface area contributed by atoms with Gasteiger partial charge in [0, 0.05) is 48.7 Å². The molecule has 0 spiro atoms. The van der Waals surface area contributed by atoms with Gasteiger partial charge in [0.2, 0.25) is 0 Å². The molecule has 0 unspecified atom stereocenters. The zero-order chi connectivity index (χ0) is 16.5. The zero-order valence-electron chi connectivity index (χ0n) is 13.4. The largest absolute Gasteiger partial charge is 0.334 e. The van der Waals surface area contributed by atoms with Crippen LogP contribution in [-0.4, -0.2) is 27.0 Å². The number of thiophene rings is 1. The molecule has 0 saturated carbocycles. The number of amides is 2. The molecule has 0 saturated heterocycles. The first kappa shape index (κ1) is 15.0. The lowest BCUT2D eigenvalue weighted by Crippen LogP contribution is -2.38. The molecule has 2 amide bonds. The van der Waals surface area contributed by atoms with E-state index in [0.29, 0.717) is 6.54 Å². The molecule has 0 fully saturated rings. The summed E-state index contributed by atoms with van der Waals surface area (Å²) in [5, 5.41) is 5.11. The highest BCUT2D eigenvalue weighted by Gasteiger charge is 2.21. The molecule has 0 aliphatic carbocycles. The molecule has 1 aliphatic rings. The van der Waals surface area contributed by atoms with Crippen LogP contribution in [0.2, 0.25) is 0 Å². The third-order valence-electron chi connectivity index (χ3n) is 4.29. The van der Waals surface area contributed by atoms with Crippen molar-refractivity contribution in [2.24, 2.45) is 7.05 Å². The van der Waals surface area contributed by atoms with E-state index in [9.17, 15) is 4.79 Å². The summed E-state index contributed by atoms with van der Waals surface area (Å²) in [6.45, 7) is 1.45. The lowest BCUT2D eigenvalue weighted by Gasteiger charge is -2.27. The number of aryl methyl sites for hydroxylation is 1. The summed E-state index contributed by atoms with van der Waals surface area (Å²) in [5.41, 5.74) is 3.04. The van der Waals surface area contributed by atoms with Crippen molar-refractivity contribution in [1.82, 2.24) is 14.5 Å². The van der Waals surface area contributed by atoms with Crippen LogP contribution < -0.4 is 5.32 Å². The third-order valence-corrected chi connectivity index (χ3v) is 5.31. The summed E-state index contributed by atoms with van der Waals surface area (Å²) in [6, 6.07) is 9.86. The van der Waals surface area contributed by atoms with Crippen molar-refractivity contribution in [1.29, 1.82) is 0 Å². The molecular formula is C18H18N4OS. The molecule has 3 aromatic rings. The second-order valence-corrected chi connectivity index (χ2v) is 6.91. The molecule has 5 nitrogen and oxygen atoms in total. The van der Waals surface area contributed by atoms with Gasteiger partial charge in [0.1, 0.15) is 5.82 Å². The van der Waals surface area contributed by atoms with Crippen LogP contribution in [0.25, 0.3) is 11.4 Å². The first-order chi connectivity index (χ1) is 11.7. The molecule has 0 bridgehead atoms. The Morgan fingerprint density at radius 1 is 1.33 bits per heavy atom. The molecular weight excluding hydrogens is 320 g/mol. The van der Waals surface area contributed by atoms with Gasteiger partial charge in [-0.3, -0.25) is 0 Å². The number of nitrogens with one attached hydrogen (secondary N) is 1. The van der Waals surface area contributed by atoms with E-state index in [2.05, 4.69) is 21.7 Å². The third kappa shape index (κ3) is 2.80. The highest BCUT2D eigenvalue weighted by atomic mass is 32.1. The van der Waals surface area contributed by atoms with E-state index in [4.69, 9.17) is 0 Å². The van der Waals surface area contributed by atoms with Gasteiger partial charge in [-0.05, 0) is 35.6 Å². The predicted octanol–water partition coefficient (Wildman–Crippen LogP) is 3.74. The minimum Gasteiger partial charge on any atom is -0.334 e. The quantitative estimate of drug-likeness (QED) is 0.774. The molecule has 24 heavy (non-hydrogen) atoms. The van der Waals surface area contributed by atoms with Crippen LogP contribution in [0.1, 0.15) is 10.4 Å². The maximum absolute atomic E-state index is 12.6. The van der Waals surface area contributed by atoms with E-state index in [1.165, 1.54) is 10.4 Å². The highest BCUT2D eigenvalue weighted by Crippen LogP contribution is 2.25. The Balaban J connectivity index is 1.50. The monoisotopic (exact) mass is 338 g/mol. The van der Waals surface area contributed by atoms with Crippen LogP contribution in [0.15, 0.2) is 48.1 Å². The molecule has 1 aliphatic heterocycles. The predicted molar refractivity (Wildman–Crippen MR) is 96.1 cm³/mol. The van der Waals surface area contributed by atoms with Crippen LogP contribution in [0.3, 0.4) is 0 Å². The Hall–Kier alpha value is -2.60. The van der Waals surface area contributed by atoms with Gasteiger partial charge in [-0.15, -0.1) is 11.3 Å². The van der Waals surface area contributed by atoms with Crippen LogP contribution in [0.4, 0.5) is 10.5 Å². The summed E-state index contributed by atoms with van der Waals surface area (Å²) < 4.78 is 1.96. The molecule has 0 radical (unpaired) electrons. The number of nitrogens with zero attached hydrogens (tertiary/aromatic N) is 3. The lowest BCUT2D eigenvalue weighted by atomic mass is 10.1. The van der Waals surface area contributed by atoms with Gasteiger partial charge < -0.3 is 14.8 Å². The van der Waals surface area contributed by atoms with Gasteiger partial charge in [-0.2, -0.15) is 0 Å². The molecule has 4 rings (SSSR count). The number of anilines is 1. The Morgan fingerprint density at radius 2 is 2.25 bits per heavy atom. The topological polar surface area (TPSA) is 50.2 Å². The van der Waals surface area contributed by atoms with E-state index in [1.807, 2.05) is 47.0 Å². The van der Waals surface area contributed by atoms with E-state index < -0.39 is 0 Å². The van der Waals surface area contributed by atoms with Crippen LogP contribution >= 0.6 is 11.3 Å². The van der Waals surface area contributed by atoms with E-state index in [-0.39, 0.29) is 6.03 Å². The van der Waals surface area contributed by atoms with Gasteiger partial charge >= 0.3 is 6.03 Å². The van der Waals surface area contributed by atoms with Crippen molar-refractivity contribution < 1.29 is 4.79 Å². The number of rotatable bonds is 2. The Labute approximate surface area is 144 Å². The van der Waals surface area contributed by atoms with Gasteiger partial charge in [-0.25, -0.2) is 9.78 Å². The van der Waals surface area contributed by atoms with E-state index >= 15 is 0 Å². The van der Waals surface area contributed by atoms with Crippen molar-refractivity contribution in [2.75, 3.05) is 11.9 Å². The van der Waals surface area contributed by atoms with Crippen molar-refractivity contribution >= 4 is 23.1 Å². The number of urea groups is 1. The van der Waals surface area contributed by atoms with Crippen LogP contribution in [-0.2, 0) is 20.0 Å². The standard InChI is InChI=1S/C18H18N4OS/c1-21-9-7-19-17(21)13-3-2-4-15(11-13)20-18(23)22-8-5-16-14(12-22)6-10-24-16/h2-4,6-7,9-11H,5,8,12H2,1H3,(H,20,23). The zero-order valence-corrected chi connectivity index (χ0v) is 14.2. The molecule has 2 aromatic heterocycles. The highest BCUT2D eigenvalue weighted by molar-refractivity contribution is 7.10. The summed E-state index contributed by atoms with van der Waals surface area (Å²) in [4.78, 5) is 20.2. The fourth-order valence-corrected chi connectivity index (χ4v) is 3.89. The number of hydrogen-bond acceptors (Lipinski definition) is 3. The first-order valence-electron chi connectivity index (χ1n) is 7.89. The van der Waals surface area contributed by atoms with Crippen molar-refractivity contribution in [3.05, 3.63) is 58.5 Å². The van der Waals surface area contributed by atoms with Gasteiger partial charge in [0.05, 0.1) is 0 Å². The summed E-state index contributed by atoms with van der Waals surface area (Å²) in [7, 11) is 1.96. The number of benzene rings is 1. The maximum atomic E-state index is 12.6. The van der Waals surface area contributed by atoms with Crippen LogP contribution in [0, 0.1) is 0 Å². The van der Waals surface area contributed by atoms with E-state index in [1.54, 1.807) is 17.5 Å². The molecule has 122 valence electrons. The fourth-order valence-electron chi connectivity index (χ4n) is 3.00. The smallest absolute Gasteiger partial charge is 0.322 e. The fraction of sp³-hybridized carbons (Fsp3) is 0.222. The second-order valence-electron chi connectivity index (χ2n) is 5.91. The van der Waals surface area contributed by atoms with Crippen molar-refractivity contribution in [3.63, 3.8) is 0 Å². The normalized spacial score (nSPS) is 13.6. The minimum absolute atomic E-state index is 0.0520. The lowest BCUT2D eigenvalue weighted by molar-refractivity contribution is 0.207. The van der Waals surface area contributed by atoms with Crippen molar-refractivity contribution in [2.45, 2.75) is 13.0 Å². The average molecular weight is 338 g/mol. The number of carbonyl (C=O) groups excluding carboxylic acids is 1. The van der Waals surface area contributed by atoms with Crippen molar-refractivity contribution in [3.8, 4) is 11.4 Å². The molecule has 0 atom stereocenters. The maximum Gasteiger partial charge on any atom is 0.322 e. The molecule has 1 N–H and O–H groups in total. The first-order valence-corrected chi connectivity index (χ1v) is 8.77. The second kappa shape index (κ2) is 6.13. The molecule has 3 heterocycles. The van der Waals surface area contributed by atoms with Gasteiger partial charge in [0.15, 0.2) is 0 Å². The van der Waals surface area contributed by atoms with Gasteiger partial charge in [-0.1, -0.05) is 12.1 Å². The number of fused-ring (bicyclic) bond motifs is 1. The summed E-state index contributed by atoms with van der Waals surface area (Å²) >= 11 is 1.78. The minimum atomic E-state index is -0.0520. The Morgan fingerprint density at radius 3 is 3.08 bits per heavy atom. The number of imidazole rings is 1. The van der Waals surface area contributed by atoms with E-state index in [0.717, 1.165) is 30.0 Å². The van der Waals surface area contributed by atoms with Crippen LogP contribution in [0.5, 0.6) is 0 Å². The summed E-state index contributed by atoms with van der Waals surface area (Å²) in [6.07, 6.45) is 4.62. The van der Waals surface area contributed by atoms with Gasteiger partial charge in [0.25, 0.3) is 0 Å². The molecule has 6 heteroatoms. The number of aromatic nitrogens is 2.